The van der Waals surface area contributed by atoms with E-state index in [4.69, 9.17) is 25.2 Å². The van der Waals surface area contributed by atoms with Crippen LogP contribution in [0.2, 0.25) is 0 Å². The molecule has 0 spiro atoms. The van der Waals surface area contributed by atoms with Gasteiger partial charge >= 0.3 is 0 Å². The monoisotopic (exact) mass is 2230 g/mol. The molecule has 0 saturated heterocycles. The van der Waals surface area contributed by atoms with Crippen molar-refractivity contribution >= 4 is 71.7 Å². The minimum absolute atomic E-state index is 0. The normalized spacial score (nSPS) is 11.0. The minimum atomic E-state index is -0.417. The average Bonchev–Trinajstić information content (AvgIpc) is 0.805. The number of nitrogens with zero attached hydrogens (tertiary/aromatic N) is 4. The van der Waals surface area contributed by atoms with Gasteiger partial charge < -0.3 is 15.3 Å². The van der Waals surface area contributed by atoms with Gasteiger partial charge in [-0.3, -0.25) is 34.3 Å². The van der Waals surface area contributed by atoms with Crippen LogP contribution in [-0.4, -0.2) is 52.6 Å². The molecule has 0 amide bonds. The van der Waals surface area contributed by atoms with Crippen LogP contribution >= 0.6 is 0 Å². The second kappa shape index (κ2) is 45.6. The number of pyridine rings is 4. The van der Waals surface area contributed by atoms with Crippen molar-refractivity contribution in [2.24, 2.45) is 10.8 Å². The molecule has 0 atom stereocenters. The Labute approximate surface area is 731 Å². The molecule has 115 heavy (non-hydrogen) atoms. The Morgan fingerprint density at radius 2 is 0.800 bits per heavy atom. The molecule has 0 aliphatic rings. The molecule has 15 rings (SSSR count). The Morgan fingerprint density at radius 3 is 1.31 bits per heavy atom. The number of carbonyl (C=O) groups excluding carboxylic acids is 3. The Bertz CT molecular complexity index is 5800. The Morgan fingerprint density at radius 1 is 0.330 bits per heavy atom. The molecule has 4 aromatic heterocycles. The van der Waals surface area contributed by atoms with E-state index in [1.54, 1.807) is 0 Å². The van der Waals surface area contributed by atoms with E-state index in [1.807, 2.05) is 133 Å². The van der Waals surface area contributed by atoms with Crippen LogP contribution < -0.4 is 0 Å². The predicted molar refractivity (Wildman–Crippen MR) is 460 cm³/mol. The van der Waals surface area contributed by atoms with Gasteiger partial charge in [0, 0.05) is 109 Å². The standard InChI is InChI=1S/C23H18N.C21H14N.C20H14N.C16H12N.C11H20O2.2C5H8O2.4Ir/c1-16-8-13-22-21(14-16)15-17(2)23(24-22)20-11-9-19(10-12-20)18-6-4-3-5-7-18;1-2-7-16(8-3-1)18-10-6-11-19(15-18)21-14-13-17-9-4-5-12-20(17)22-21;1-14-12-17-8-4-5-9-19(17)21-20(14)18-11-10-15-6-2-3-7-16(15)13-18;1-12-6-2-4-8-14(12)16-11-10-13-7-3-5-9-15(13)17-16;1-10(2,3)8(12)7-9(13)11(4,5)6;2*1-4(6)3-5(2)7;;;;/h3-11,13-15H,1-2H3;1-10,12-15H;2-10,12-13H,1H3;2-7,9-11H,1H3;7,12H,1-6H3;2*3,6H,1-2H3;;;;/q4*-1;;;;;;;. The van der Waals surface area contributed by atoms with E-state index in [9.17, 15) is 19.5 Å². The molecule has 0 aliphatic carbocycles. The Hall–Kier alpha value is -10.5. The van der Waals surface area contributed by atoms with Gasteiger partial charge in [-0.1, -0.05) is 264 Å². The number of hydrogen-bond acceptors (Lipinski definition) is 10. The van der Waals surface area contributed by atoms with E-state index >= 15 is 0 Å². The van der Waals surface area contributed by atoms with Crippen LogP contribution in [-0.2, 0) is 94.8 Å². The summed E-state index contributed by atoms with van der Waals surface area (Å²) in [6.45, 7) is 25.2. The van der Waals surface area contributed by atoms with Gasteiger partial charge in [-0.05, 0) is 129 Å². The summed E-state index contributed by atoms with van der Waals surface area (Å²) in [7, 11) is 0. The first-order valence-electron chi connectivity index (χ1n) is 36.8. The zero-order chi connectivity index (χ0) is 79.8. The van der Waals surface area contributed by atoms with Gasteiger partial charge in [0.15, 0.2) is 17.3 Å². The summed E-state index contributed by atoms with van der Waals surface area (Å²) in [5.41, 5.74) is 21.1. The molecule has 0 saturated carbocycles. The molecular weight excluding hydrogens is 2130 g/mol. The molecule has 11 aromatic carbocycles. The third-order valence-corrected chi connectivity index (χ3v) is 17.5. The van der Waals surface area contributed by atoms with E-state index in [0.29, 0.717) is 0 Å². The number of para-hydroxylation sites is 3. The molecule has 0 unspecified atom stereocenters. The zero-order valence-electron chi connectivity index (χ0n) is 67.0. The van der Waals surface area contributed by atoms with E-state index in [-0.39, 0.29) is 120 Å². The maximum absolute atomic E-state index is 11.5. The van der Waals surface area contributed by atoms with Crippen molar-refractivity contribution in [3.63, 3.8) is 0 Å². The molecular formula is C101H94Ir4N4O6-4. The minimum Gasteiger partial charge on any atom is -0.512 e. The topological polar surface area (TPSA) is 163 Å². The van der Waals surface area contributed by atoms with E-state index in [2.05, 4.69) is 245 Å². The SMILES string of the molecule is CC(=O)C=C(C)O.CC(=O)C=C(C)O.CC(C)(C)C(=O)C=C(O)C(C)(C)C.Cc1cc2ccccc2nc1-c1[c-]cc2ccccc2c1.Cc1ccc2nc(-c3[c-]cc(-c4ccccc4)cc3)c(C)cc2c1.Cc1ccc[c-]c1-c1ccc2ccccc2n1.[Ir].[Ir].[Ir].[Ir].[c-]1ccc(-c2ccccc2)cc1-c1ccc2ccccc2n1. The average molecular weight is 2230 g/mol. The number of aryl methyl sites for hydroxylation is 4. The summed E-state index contributed by atoms with van der Waals surface area (Å²) < 4.78 is 0. The summed E-state index contributed by atoms with van der Waals surface area (Å²) in [6.07, 6.45) is 3.67. The number of aliphatic hydroxyl groups is 3. The Kier molecular flexibility index (Phi) is 37.7. The molecule has 0 fully saturated rings. The second-order valence-electron chi connectivity index (χ2n) is 29.1. The van der Waals surface area contributed by atoms with Crippen molar-refractivity contribution in [3.05, 3.63) is 361 Å². The fourth-order valence-corrected chi connectivity index (χ4v) is 11.6. The predicted octanol–water partition coefficient (Wildman–Crippen LogP) is 25.7. The molecule has 3 N–H and O–H groups in total. The third-order valence-electron chi connectivity index (χ3n) is 17.5. The molecule has 594 valence electrons. The number of ketones is 3. The fourth-order valence-electron chi connectivity index (χ4n) is 11.6. The van der Waals surface area contributed by atoms with Crippen LogP contribution in [0.25, 0.3) is 122 Å². The van der Waals surface area contributed by atoms with E-state index < -0.39 is 5.41 Å². The molecule has 10 nitrogen and oxygen atoms in total. The van der Waals surface area contributed by atoms with Crippen molar-refractivity contribution < 1.29 is 110 Å². The summed E-state index contributed by atoms with van der Waals surface area (Å²) >= 11 is 0. The van der Waals surface area contributed by atoms with Gasteiger partial charge in [0.2, 0.25) is 0 Å². The van der Waals surface area contributed by atoms with Crippen LogP contribution in [0.15, 0.2) is 315 Å². The molecule has 0 aliphatic heterocycles. The van der Waals surface area contributed by atoms with Crippen molar-refractivity contribution in [2.75, 3.05) is 0 Å². The zero-order valence-corrected chi connectivity index (χ0v) is 76.6. The fraction of sp³-hybridized carbons (Fsp3) is 0.158. The number of aliphatic hydroxyl groups excluding tert-OH is 3. The van der Waals surface area contributed by atoms with Gasteiger partial charge in [-0.25, -0.2) is 0 Å². The first-order chi connectivity index (χ1) is 53.1. The van der Waals surface area contributed by atoms with E-state index in [0.717, 1.165) is 72.5 Å². The number of carbonyl (C=O) groups is 3. The van der Waals surface area contributed by atoms with Crippen LogP contribution in [0.5, 0.6) is 0 Å². The van der Waals surface area contributed by atoms with Gasteiger partial charge in [0.1, 0.15) is 5.76 Å². The van der Waals surface area contributed by atoms with Gasteiger partial charge in [-0.2, -0.15) is 0 Å². The molecule has 15 aromatic rings. The van der Waals surface area contributed by atoms with Crippen molar-refractivity contribution in [3.8, 4) is 67.3 Å². The number of aromatic nitrogens is 4. The summed E-state index contributed by atoms with van der Waals surface area (Å²) in [5.74, 6) is -0.0210. The van der Waals surface area contributed by atoms with Crippen LogP contribution in [0.1, 0.15) is 91.5 Å². The number of benzene rings is 11. The van der Waals surface area contributed by atoms with Gasteiger partial charge in [-0.15, -0.1) is 130 Å². The Balaban J connectivity index is 0.000000247. The van der Waals surface area contributed by atoms with Crippen molar-refractivity contribution in [1.29, 1.82) is 0 Å². The number of hydrogen-bond donors (Lipinski definition) is 3. The largest absolute Gasteiger partial charge is 0.512 e. The number of fused-ring (bicyclic) bond motifs is 5. The first kappa shape index (κ1) is 95.1. The summed E-state index contributed by atoms with van der Waals surface area (Å²) in [6, 6.07) is 109. The summed E-state index contributed by atoms with van der Waals surface area (Å²) in [5, 5.41) is 33.4. The summed E-state index contributed by atoms with van der Waals surface area (Å²) in [4.78, 5) is 50.6. The maximum atomic E-state index is 11.5. The smallest absolute Gasteiger partial charge is 0.164 e. The molecule has 4 radical (unpaired) electrons. The third kappa shape index (κ3) is 28.8. The quantitative estimate of drug-likeness (QED) is 0.0720. The molecule has 4 heterocycles. The maximum Gasteiger partial charge on any atom is 0.164 e. The second-order valence-corrected chi connectivity index (χ2v) is 29.1. The van der Waals surface area contributed by atoms with Crippen LogP contribution in [0, 0.1) is 62.8 Å². The molecule has 0 bridgehead atoms. The number of allylic oxidation sites excluding steroid dienone is 6. The van der Waals surface area contributed by atoms with Crippen molar-refractivity contribution in [2.45, 2.75) is 96.9 Å². The van der Waals surface area contributed by atoms with Gasteiger partial charge in [0.25, 0.3) is 0 Å². The van der Waals surface area contributed by atoms with Gasteiger partial charge in [0.05, 0.1) is 33.6 Å². The van der Waals surface area contributed by atoms with Crippen LogP contribution in [0.3, 0.4) is 0 Å². The van der Waals surface area contributed by atoms with Crippen LogP contribution in [0.4, 0.5) is 0 Å². The van der Waals surface area contributed by atoms with Crippen molar-refractivity contribution in [1.82, 2.24) is 19.9 Å². The molecule has 14 heteroatoms. The number of rotatable bonds is 9. The van der Waals surface area contributed by atoms with E-state index in [1.165, 1.54) is 117 Å². The first-order valence-corrected chi connectivity index (χ1v) is 36.8.